The average Bonchev–Trinajstić information content (AvgIpc) is 2.58. The van der Waals surface area contributed by atoms with Crippen LogP contribution in [0.3, 0.4) is 0 Å². The Morgan fingerprint density at radius 1 is 1.29 bits per heavy atom. The van der Waals surface area contributed by atoms with Gasteiger partial charge in [-0.05, 0) is 12.0 Å². The molecule has 0 aliphatic carbocycles. The topological polar surface area (TPSA) is 93.4 Å². The molecule has 7 heteroatoms. The minimum absolute atomic E-state index is 0.207. The lowest BCUT2D eigenvalue weighted by Gasteiger charge is -2.29. The summed E-state index contributed by atoms with van der Waals surface area (Å²) in [5, 5.41) is 2.77. The van der Waals surface area contributed by atoms with Crippen molar-refractivity contribution in [3.8, 4) is 6.01 Å². The lowest BCUT2D eigenvalue weighted by molar-refractivity contribution is 0.202. The molecule has 24 heavy (non-hydrogen) atoms. The van der Waals surface area contributed by atoms with Gasteiger partial charge in [0.1, 0.15) is 5.69 Å². The van der Waals surface area contributed by atoms with Crippen LogP contribution in [0.15, 0.2) is 30.3 Å². The second kappa shape index (κ2) is 7.16. The minimum atomic E-state index is -0.207. The van der Waals surface area contributed by atoms with Crippen LogP contribution in [0, 0.1) is 0 Å². The van der Waals surface area contributed by atoms with E-state index in [0.717, 1.165) is 18.4 Å². The molecule has 3 N–H and O–H groups in total. The quantitative estimate of drug-likeness (QED) is 0.796. The van der Waals surface area contributed by atoms with Gasteiger partial charge in [-0.3, -0.25) is 0 Å². The normalized spacial score (nSPS) is 13.4. The number of urea groups is 1. The molecule has 0 radical (unpaired) electrons. The second-order valence-corrected chi connectivity index (χ2v) is 5.69. The lowest BCUT2D eigenvalue weighted by Crippen LogP contribution is -2.39. The molecule has 0 saturated carbocycles. The first kappa shape index (κ1) is 16.0. The molecule has 0 spiro atoms. The summed E-state index contributed by atoms with van der Waals surface area (Å²) in [5.41, 5.74) is 8.15. The number of nitrogens with two attached hydrogens (primary N) is 1. The largest absolute Gasteiger partial charge is 0.463 e. The minimum Gasteiger partial charge on any atom is -0.463 e. The van der Waals surface area contributed by atoms with Gasteiger partial charge in [0.25, 0.3) is 0 Å². The molecule has 2 aromatic rings. The molecule has 0 saturated heterocycles. The number of ether oxygens (including phenoxy) is 1. The standard InChI is InChI=1S/C17H21N5O2/c1-2-3-9-24-16-19-13-11-22(10-12-7-5-4-6-8-12)17(23)20-14(13)15(18)21-16/h4-8H,2-3,9-11H2,1H3,(H,20,23)(H2,18,19,21). The van der Waals surface area contributed by atoms with E-state index in [4.69, 9.17) is 10.5 Å². The third-order valence-corrected chi connectivity index (χ3v) is 3.80. The summed E-state index contributed by atoms with van der Waals surface area (Å²) in [5.74, 6) is 0.235. The van der Waals surface area contributed by atoms with Crippen LogP contribution >= 0.6 is 0 Å². The molecule has 2 amide bonds. The van der Waals surface area contributed by atoms with Crippen LogP contribution in [0.1, 0.15) is 31.0 Å². The van der Waals surface area contributed by atoms with Crippen LogP contribution in [-0.2, 0) is 13.1 Å². The zero-order chi connectivity index (χ0) is 16.9. The molecule has 2 heterocycles. The maximum Gasteiger partial charge on any atom is 0.322 e. The van der Waals surface area contributed by atoms with Crippen LogP contribution in [0.2, 0.25) is 0 Å². The Labute approximate surface area is 140 Å². The summed E-state index contributed by atoms with van der Waals surface area (Å²) in [6, 6.07) is 9.86. The van der Waals surface area contributed by atoms with Crippen LogP contribution in [-0.4, -0.2) is 27.5 Å². The molecular formula is C17H21N5O2. The van der Waals surface area contributed by atoms with Gasteiger partial charge in [0.15, 0.2) is 5.82 Å². The number of hydrogen-bond donors (Lipinski definition) is 2. The SMILES string of the molecule is CCCCOc1nc(N)c2c(n1)CN(Cc1ccccc1)C(=O)N2. The van der Waals surface area contributed by atoms with E-state index in [1.165, 1.54) is 0 Å². The molecule has 1 aromatic heterocycles. The summed E-state index contributed by atoms with van der Waals surface area (Å²) >= 11 is 0. The van der Waals surface area contributed by atoms with Crippen molar-refractivity contribution in [1.29, 1.82) is 0 Å². The number of carbonyl (C=O) groups is 1. The van der Waals surface area contributed by atoms with E-state index in [9.17, 15) is 4.79 Å². The fourth-order valence-electron chi connectivity index (χ4n) is 2.50. The van der Waals surface area contributed by atoms with Gasteiger partial charge in [0.05, 0.1) is 18.8 Å². The van der Waals surface area contributed by atoms with E-state index < -0.39 is 0 Å². The number of benzene rings is 1. The number of unbranched alkanes of at least 4 members (excludes halogenated alkanes) is 1. The first-order valence-electron chi connectivity index (χ1n) is 8.06. The van der Waals surface area contributed by atoms with Crippen LogP contribution in [0.5, 0.6) is 6.01 Å². The monoisotopic (exact) mass is 327 g/mol. The number of hydrogen-bond acceptors (Lipinski definition) is 5. The molecule has 7 nitrogen and oxygen atoms in total. The highest BCUT2D eigenvalue weighted by Gasteiger charge is 2.27. The Morgan fingerprint density at radius 3 is 2.83 bits per heavy atom. The van der Waals surface area contributed by atoms with E-state index in [1.807, 2.05) is 30.3 Å². The van der Waals surface area contributed by atoms with E-state index >= 15 is 0 Å². The summed E-state index contributed by atoms with van der Waals surface area (Å²) in [4.78, 5) is 22.5. The summed E-state index contributed by atoms with van der Waals surface area (Å²) in [6.45, 7) is 3.51. The fraction of sp³-hybridized carbons (Fsp3) is 0.353. The van der Waals surface area contributed by atoms with Crippen molar-refractivity contribution in [2.24, 2.45) is 0 Å². The fourth-order valence-corrected chi connectivity index (χ4v) is 2.50. The number of nitrogens with zero attached hydrogens (tertiary/aromatic N) is 3. The highest BCUT2D eigenvalue weighted by atomic mass is 16.5. The molecule has 1 aliphatic heterocycles. The number of aromatic nitrogens is 2. The third-order valence-electron chi connectivity index (χ3n) is 3.80. The zero-order valence-electron chi connectivity index (χ0n) is 13.7. The third kappa shape index (κ3) is 3.56. The summed E-state index contributed by atoms with van der Waals surface area (Å²) in [7, 11) is 0. The number of amides is 2. The number of rotatable bonds is 6. The molecule has 3 rings (SSSR count). The molecular weight excluding hydrogens is 306 g/mol. The maximum absolute atomic E-state index is 12.3. The van der Waals surface area contributed by atoms with E-state index in [2.05, 4.69) is 22.2 Å². The zero-order valence-corrected chi connectivity index (χ0v) is 13.7. The van der Waals surface area contributed by atoms with Gasteiger partial charge in [0.2, 0.25) is 0 Å². The van der Waals surface area contributed by atoms with Crippen molar-refractivity contribution in [1.82, 2.24) is 14.9 Å². The Kier molecular flexibility index (Phi) is 4.79. The first-order chi connectivity index (χ1) is 11.7. The molecule has 0 bridgehead atoms. The molecule has 0 fully saturated rings. The number of carbonyl (C=O) groups excluding carboxylic acids is 1. The van der Waals surface area contributed by atoms with Crippen LogP contribution in [0.4, 0.5) is 16.3 Å². The van der Waals surface area contributed by atoms with Crippen molar-refractivity contribution in [2.75, 3.05) is 17.7 Å². The van der Waals surface area contributed by atoms with Gasteiger partial charge in [0, 0.05) is 6.54 Å². The van der Waals surface area contributed by atoms with Crippen molar-refractivity contribution < 1.29 is 9.53 Å². The average molecular weight is 327 g/mol. The molecule has 0 atom stereocenters. The van der Waals surface area contributed by atoms with Gasteiger partial charge >= 0.3 is 12.0 Å². The summed E-state index contributed by atoms with van der Waals surface area (Å²) < 4.78 is 5.54. The Morgan fingerprint density at radius 2 is 2.08 bits per heavy atom. The Balaban J connectivity index is 1.78. The van der Waals surface area contributed by atoms with Crippen molar-refractivity contribution in [3.63, 3.8) is 0 Å². The van der Waals surface area contributed by atoms with Gasteiger partial charge in [-0.1, -0.05) is 43.7 Å². The number of nitrogen functional groups attached to an aromatic ring is 1. The molecule has 1 aliphatic rings. The first-order valence-corrected chi connectivity index (χ1v) is 8.06. The predicted molar refractivity (Wildman–Crippen MR) is 91.6 cm³/mol. The van der Waals surface area contributed by atoms with Crippen molar-refractivity contribution in [2.45, 2.75) is 32.9 Å². The second-order valence-electron chi connectivity index (χ2n) is 5.69. The van der Waals surface area contributed by atoms with Gasteiger partial charge in [-0.2, -0.15) is 9.97 Å². The smallest absolute Gasteiger partial charge is 0.322 e. The van der Waals surface area contributed by atoms with E-state index in [0.29, 0.717) is 31.1 Å². The van der Waals surface area contributed by atoms with Crippen molar-refractivity contribution in [3.05, 3.63) is 41.6 Å². The van der Waals surface area contributed by atoms with Gasteiger partial charge in [-0.25, -0.2) is 4.79 Å². The van der Waals surface area contributed by atoms with Crippen molar-refractivity contribution >= 4 is 17.5 Å². The molecule has 1 aromatic carbocycles. The maximum atomic E-state index is 12.3. The Hall–Kier alpha value is -2.83. The number of anilines is 2. The summed E-state index contributed by atoms with van der Waals surface area (Å²) in [6.07, 6.45) is 1.96. The Bertz CT molecular complexity index is 720. The molecule has 126 valence electrons. The molecule has 0 unspecified atom stereocenters. The highest BCUT2D eigenvalue weighted by molar-refractivity contribution is 5.94. The number of nitrogens with one attached hydrogen (secondary N) is 1. The van der Waals surface area contributed by atoms with Crippen LogP contribution in [0.25, 0.3) is 0 Å². The lowest BCUT2D eigenvalue weighted by atomic mass is 10.2. The van der Waals surface area contributed by atoms with Gasteiger partial charge in [-0.15, -0.1) is 0 Å². The number of fused-ring (bicyclic) bond motifs is 1. The van der Waals surface area contributed by atoms with E-state index in [1.54, 1.807) is 4.90 Å². The van der Waals surface area contributed by atoms with E-state index in [-0.39, 0.29) is 17.9 Å². The highest BCUT2D eigenvalue weighted by Crippen LogP contribution is 2.29. The van der Waals surface area contributed by atoms with Gasteiger partial charge < -0.3 is 20.7 Å². The van der Waals surface area contributed by atoms with Crippen LogP contribution < -0.4 is 15.8 Å². The predicted octanol–water partition coefficient (Wildman–Crippen LogP) is 2.79.